The first kappa shape index (κ1) is 15.3. The van der Waals surface area contributed by atoms with E-state index in [0.717, 1.165) is 16.1 Å². The number of rotatable bonds is 3. The van der Waals surface area contributed by atoms with Crippen molar-refractivity contribution >= 4 is 27.6 Å². The van der Waals surface area contributed by atoms with Crippen molar-refractivity contribution in [3.8, 4) is 11.5 Å². The SMILES string of the molecule is COC(=O)c1cc(Oc2cc(Br)ccc2C)c(F)cc1N. The van der Waals surface area contributed by atoms with Gasteiger partial charge in [0.1, 0.15) is 5.75 Å². The lowest BCUT2D eigenvalue weighted by atomic mass is 10.1. The van der Waals surface area contributed by atoms with Crippen molar-refractivity contribution in [2.45, 2.75) is 6.92 Å². The third kappa shape index (κ3) is 3.33. The molecule has 0 unspecified atom stereocenters. The zero-order valence-electron chi connectivity index (χ0n) is 11.4. The van der Waals surface area contributed by atoms with Crippen LogP contribution in [-0.4, -0.2) is 13.1 Å². The van der Waals surface area contributed by atoms with E-state index in [1.807, 2.05) is 19.1 Å². The largest absolute Gasteiger partial charge is 0.465 e. The molecule has 21 heavy (non-hydrogen) atoms. The van der Waals surface area contributed by atoms with E-state index in [1.54, 1.807) is 6.07 Å². The summed E-state index contributed by atoms with van der Waals surface area (Å²) in [5, 5.41) is 0. The van der Waals surface area contributed by atoms with Crippen LogP contribution in [-0.2, 0) is 4.74 Å². The van der Waals surface area contributed by atoms with Crippen molar-refractivity contribution in [1.82, 2.24) is 0 Å². The third-order valence-electron chi connectivity index (χ3n) is 2.88. The molecule has 0 spiro atoms. The summed E-state index contributed by atoms with van der Waals surface area (Å²) >= 11 is 3.32. The van der Waals surface area contributed by atoms with Crippen molar-refractivity contribution in [1.29, 1.82) is 0 Å². The standard InChI is InChI=1S/C15H13BrFNO3/c1-8-3-4-9(16)5-13(8)21-14-6-10(15(19)20-2)12(18)7-11(14)17/h3-7H,18H2,1-2H3. The lowest BCUT2D eigenvalue weighted by Gasteiger charge is -2.12. The predicted molar refractivity (Wildman–Crippen MR) is 81.1 cm³/mol. The fourth-order valence-electron chi connectivity index (χ4n) is 1.74. The first-order valence-electron chi connectivity index (χ1n) is 6.03. The van der Waals surface area contributed by atoms with E-state index in [9.17, 15) is 9.18 Å². The highest BCUT2D eigenvalue weighted by Crippen LogP contribution is 2.32. The summed E-state index contributed by atoms with van der Waals surface area (Å²) in [6.45, 7) is 1.83. The lowest BCUT2D eigenvalue weighted by Crippen LogP contribution is -2.07. The number of ether oxygens (including phenoxy) is 2. The van der Waals surface area contributed by atoms with Gasteiger partial charge in [-0.05, 0) is 24.6 Å². The molecule has 0 bridgehead atoms. The highest BCUT2D eigenvalue weighted by atomic mass is 79.9. The number of nitrogen functional groups attached to an aromatic ring is 1. The number of esters is 1. The number of benzene rings is 2. The number of carbonyl (C=O) groups excluding carboxylic acids is 1. The van der Waals surface area contributed by atoms with Gasteiger partial charge in [0, 0.05) is 22.3 Å². The van der Waals surface area contributed by atoms with Gasteiger partial charge in [-0.25, -0.2) is 9.18 Å². The summed E-state index contributed by atoms with van der Waals surface area (Å²) in [5.74, 6) is -0.919. The second-order valence-electron chi connectivity index (χ2n) is 4.37. The number of halogens is 2. The molecule has 2 aromatic carbocycles. The summed E-state index contributed by atoms with van der Waals surface area (Å²) in [6, 6.07) is 7.66. The van der Waals surface area contributed by atoms with E-state index in [4.69, 9.17) is 10.5 Å². The highest BCUT2D eigenvalue weighted by Gasteiger charge is 2.16. The average Bonchev–Trinajstić information content (AvgIpc) is 2.44. The molecule has 0 atom stereocenters. The fraction of sp³-hybridized carbons (Fsp3) is 0.133. The van der Waals surface area contributed by atoms with Gasteiger partial charge in [0.2, 0.25) is 0 Å². The Bertz CT molecular complexity index is 704. The molecule has 0 amide bonds. The molecule has 0 aliphatic rings. The molecule has 0 saturated carbocycles. The minimum absolute atomic E-state index is 0.00216. The topological polar surface area (TPSA) is 61.5 Å². The molecule has 2 aromatic rings. The quantitative estimate of drug-likeness (QED) is 0.667. The smallest absolute Gasteiger partial charge is 0.340 e. The third-order valence-corrected chi connectivity index (χ3v) is 3.37. The van der Waals surface area contributed by atoms with Crippen LogP contribution in [0.5, 0.6) is 11.5 Å². The van der Waals surface area contributed by atoms with E-state index in [0.29, 0.717) is 5.75 Å². The van der Waals surface area contributed by atoms with E-state index in [1.165, 1.54) is 13.2 Å². The number of aryl methyl sites for hydroxylation is 1. The maximum Gasteiger partial charge on any atom is 0.340 e. The Morgan fingerprint density at radius 3 is 2.62 bits per heavy atom. The molecule has 0 aliphatic carbocycles. The number of methoxy groups -OCH3 is 1. The van der Waals surface area contributed by atoms with E-state index < -0.39 is 11.8 Å². The van der Waals surface area contributed by atoms with Crippen LogP contribution in [0.25, 0.3) is 0 Å². The van der Waals surface area contributed by atoms with Gasteiger partial charge >= 0.3 is 5.97 Å². The molecule has 0 aromatic heterocycles. The Hall–Kier alpha value is -2.08. The molecule has 0 aliphatic heterocycles. The lowest BCUT2D eigenvalue weighted by molar-refractivity contribution is 0.0601. The second kappa shape index (κ2) is 6.13. The van der Waals surface area contributed by atoms with Crippen LogP contribution in [0.4, 0.5) is 10.1 Å². The van der Waals surface area contributed by atoms with E-state index >= 15 is 0 Å². The molecule has 6 heteroatoms. The molecule has 4 nitrogen and oxygen atoms in total. The summed E-state index contributed by atoms with van der Waals surface area (Å²) < 4.78 is 24.9. The van der Waals surface area contributed by atoms with Crippen molar-refractivity contribution in [2.24, 2.45) is 0 Å². The number of nitrogens with two attached hydrogens (primary N) is 1. The van der Waals surface area contributed by atoms with Gasteiger partial charge in [0.05, 0.1) is 12.7 Å². The molecule has 0 saturated heterocycles. The van der Waals surface area contributed by atoms with Crippen molar-refractivity contribution < 1.29 is 18.7 Å². The minimum atomic E-state index is -0.653. The number of hydrogen-bond acceptors (Lipinski definition) is 4. The van der Waals surface area contributed by atoms with Crippen molar-refractivity contribution in [3.05, 3.63) is 51.7 Å². The molecule has 110 valence electrons. The van der Waals surface area contributed by atoms with Crippen molar-refractivity contribution in [2.75, 3.05) is 12.8 Å². The van der Waals surface area contributed by atoms with E-state index in [-0.39, 0.29) is 17.0 Å². The maximum absolute atomic E-state index is 13.9. The summed E-state index contributed by atoms with van der Waals surface area (Å²) in [4.78, 5) is 11.6. The van der Waals surface area contributed by atoms with Gasteiger partial charge in [-0.3, -0.25) is 0 Å². The van der Waals surface area contributed by atoms with Crippen LogP contribution < -0.4 is 10.5 Å². The fourth-order valence-corrected chi connectivity index (χ4v) is 2.08. The Balaban J connectivity index is 2.44. The van der Waals surface area contributed by atoms with Crippen LogP contribution >= 0.6 is 15.9 Å². The van der Waals surface area contributed by atoms with Crippen LogP contribution in [0.15, 0.2) is 34.8 Å². The normalized spacial score (nSPS) is 10.3. The van der Waals surface area contributed by atoms with Gasteiger partial charge in [0.15, 0.2) is 11.6 Å². The van der Waals surface area contributed by atoms with Crippen LogP contribution in [0, 0.1) is 12.7 Å². The minimum Gasteiger partial charge on any atom is -0.465 e. The maximum atomic E-state index is 13.9. The van der Waals surface area contributed by atoms with Gasteiger partial charge in [-0.15, -0.1) is 0 Å². The molecular formula is C15H13BrFNO3. The Morgan fingerprint density at radius 2 is 1.95 bits per heavy atom. The van der Waals surface area contributed by atoms with Gasteiger partial charge < -0.3 is 15.2 Å². The molecule has 2 rings (SSSR count). The van der Waals surface area contributed by atoms with Gasteiger partial charge in [0.25, 0.3) is 0 Å². The van der Waals surface area contributed by atoms with E-state index in [2.05, 4.69) is 20.7 Å². The first-order valence-corrected chi connectivity index (χ1v) is 6.83. The number of carbonyl (C=O) groups is 1. The monoisotopic (exact) mass is 353 g/mol. The molecular weight excluding hydrogens is 341 g/mol. The Labute approximate surface area is 129 Å². The molecule has 0 heterocycles. The molecule has 0 fully saturated rings. The molecule has 2 N–H and O–H groups in total. The van der Waals surface area contributed by atoms with Crippen molar-refractivity contribution in [3.63, 3.8) is 0 Å². The van der Waals surface area contributed by atoms with Crippen LogP contribution in [0.2, 0.25) is 0 Å². The number of anilines is 1. The Morgan fingerprint density at radius 1 is 1.24 bits per heavy atom. The highest BCUT2D eigenvalue weighted by molar-refractivity contribution is 9.10. The molecule has 0 radical (unpaired) electrons. The Kier molecular flexibility index (Phi) is 4.47. The zero-order valence-corrected chi connectivity index (χ0v) is 13.0. The van der Waals surface area contributed by atoms with Gasteiger partial charge in [-0.2, -0.15) is 0 Å². The summed E-state index contributed by atoms with van der Waals surface area (Å²) in [6.07, 6.45) is 0. The predicted octanol–water partition coefficient (Wildman–Crippen LogP) is 4.06. The van der Waals surface area contributed by atoms with Crippen LogP contribution in [0.3, 0.4) is 0 Å². The summed E-state index contributed by atoms with van der Waals surface area (Å²) in [5.41, 5.74) is 6.49. The second-order valence-corrected chi connectivity index (χ2v) is 5.29. The summed E-state index contributed by atoms with van der Waals surface area (Å²) in [7, 11) is 1.23. The first-order chi connectivity index (χ1) is 9.92. The average molecular weight is 354 g/mol. The number of hydrogen-bond donors (Lipinski definition) is 1. The van der Waals surface area contributed by atoms with Gasteiger partial charge in [-0.1, -0.05) is 22.0 Å². The van der Waals surface area contributed by atoms with Crippen LogP contribution in [0.1, 0.15) is 15.9 Å². The zero-order chi connectivity index (χ0) is 15.6.